The average Bonchev–Trinajstić information content (AvgIpc) is 3.07. The maximum absolute atomic E-state index is 12.2. The maximum atomic E-state index is 12.2. The second kappa shape index (κ2) is 10.9. The standard InChI is InChI=1S/C25H34N2O3S/c1-25(2,14-7-4-8-17-30-18-13-19-9-5-3-6-10-19)20-11-12-21-22(23(20)28)27(16-15-26)24(29)31-21/h3,5-6,9-12,28H,4,7-8,13-18,26H2,1-2H3. The van der Waals surface area contributed by atoms with E-state index in [4.69, 9.17) is 10.5 Å². The Kier molecular flexibility index (Phi) is 8.29. The number of phenolic OH excluding ortho intramolecular Hbond substituents is 1. The number of phenols is 1. The van der Waals surface area contributed by atoms with E-state index in [-0.39, 0.29) is 16.0 Å². The molecular weight excluding hydrogens is 408 g/mol. The Bertz CT molecular complexity index is 1020. The van der Waals surface area contributed by atoms with Crippen molar-refractivity contribution in [2.45, 2.75) is 57.9 Å². The van der Waals surface area contributed by atoms with Crippen molar-refractivity contribution in [3.05, 3.63) is 63.3 Å². The van der Waals surface area contributed by atoms with Gasteiger partial charge in [0, 0.05) is 25.3 Å². The van der Waals surface area contributed by atoms with E-state index in [0.29, 0.717) is 18.6 Å². The van der Waals surface area contributed by atoms with Gasteiger partial charge in [0.05, 0.1) is 11.3 Å². The number of thiazole rings is 1. The van der Waals surface area contributed by atoms with E-state index in [1.807, 2.05) is 18.2 Å². The van der Waals surface area contributed by atoms with Crippen molar-refractivity contribution < 1.29 is 9.84 Å². The van der Waals surface area contributed by atoms with E-state index in [0.717, 1.165) is 66.9 Å². The second-order valence-corrected chi connectivity index (χ2v) is 9.65. The highest BCUT2D eigenvalue weighted by atomic mass is 32.1. The highest BCUT2D eigenvalue weighted by molar-refractivity contribution is 7.16. The Balaban J connectivity index is 1.49. The Morgan fingerprint density at radius 3 is 2.58 bits per heavy atom. The molecule has 0 aliphatic heterocycles. The van der Waals surface area contributed by atoms with E-state index >= 15 is 0 Å². The molecule has 3 aromatic rings. The van der Waals surface area contributed by atoms with Gasteiger partial charge in [-0.05, 0) is 36.3 Å². The lowest BCUT2D eigenvalue weighted by molar-refractivity contribution is 0.132. The monoisotopic (exact) mass is 442 g/mol. The van der Waals surface area contributed by atoms with Gasteiger partial charge in [-0.1, -0.05) is 74.4 Å². The van der Waals surface area contributed by atoms with Crippen LogP contribution in [0.2, 0.25) is 0 Å². The molecule has 0 radical (unpaired) electrons. The molecule has 0 fully saturated rings. The van der Waals surface area contributed by atoms with Crippen LogP contribution in [0.3, 0.4) is 0 Å². The molecule has 3 N–H and O–H groups in total. The van der Waals surface area contributed by atoms with E-state index in [2.05, 4.69) is 38.1 Å². The Morgan fingerprint density at radius 2 is 1.84 bits per heavy atom. The molecule has 3 rings (SSSR count). The zero-order valence-corrected chi connectivity index (χ0v) is 19.4. The number of fused-ring (bicyclic) bond motifs is 1. The zero-order valence-electron chi connectivity index (χ0n) is 18.6. The predicted octanol–water partition coefficient (Wildman–Crippen LogP) is 4.82. The third-order valence-corrected chi connectivity index (χ3v) is 6.80. The minimum atomic E-state index is -0.183. The van der Waals surface area contributed by atoms with Gasteiger partial charge < -0.3 is 15.6 Å². The lowest BCUT2D eigenvalue weighted by Gasteiger charge is -2.26. The summed E-state index contributed by atoms with van der Waals surface area (Å²) in [4.78, 5) is 12.2. The smallest absolute Gasteiger partial charge is 0.308 e. The Labute approximate surface area is 188 Å². The molecule has 1 aromatic heterocycles. The summed E-state index contributed by atoms with van der Waals surface area (Å²) in [6.07, 6.45) is 5.10. The SMILES string of the molecule is CC(C)(CCCCCOCCc1ccccc1)c1ccc2sc(=O)n(CCN)c2c1O. The molecule has 0 aliphatic rings. The third kappa shape index (κ3) is 5.97. The summed E-state index contributed by atoms with van der Waals surface area (Å²) in [5.41, 5.74) is 8.30. The first-order valence-corrected chi connectivity index (χ1v) is 11.9. The molecule has 0 bridgehead atoms. The predicted molar refractivity (Wildman–Crippen MR) is 129 cm³/mol. The fourth-order valence-corrected chi connectivity index (χ4v) is 4.96. The lowest BCUT2D eigenvalue weighted by Crippen LogP contribution is -2.20. The summed E-state index contributed by atoms with van der Waals surface area (Å²) in [5.74, 6) is 0.221. The van der Waals surface area contributed by atoms with Crippen LogP contribution in [0.25, 0.3) is 10.2 Å². The van der Waals surface area contributed by atoms with Gasteiger partial charge in [0.25, 0.3) is 0 Å². The van der Waals surface area contributed by atoms with Crippen molar-refractivity contribution >= 4 is 21.6 Å². The van der Waals surface area contributed by atoms with Gasteiger partial charge in [0.1, 0.15) is 11.3 Å². The van der Waals surface area contributed by atoms with Crippen molar-refractivity contribution in [2.24, 2.45) is 5.73 Å². The second-order valence-electron chi connectivity index (χ2n) is 8.66. The Hall–Kier alpha value is -2.15. The van der Waals surface area contributed by atoms with E-state index < -0.39 is 0 Å². The minimum Gasteiger partial charge on any atom is -0.505 e. The van der Waals surface area contributed by atoms with Crippen LogP contribution in [-0.4, -0.2) is 29.4 Å². The lowest BCUT2D eigenvalue weighted by atomic mass is 9.79. The largest absolute Gasteiger partial charge is 0.505 e. The topological polar surface area (TPSA) is 77.5 Å². The van der Waals surface area contributed by atoms with E-state index in [9.17, 15) is 9.90 Å². The number of rotatable bonds is 12. The number of aromatic nitrogens is 1. The highest BCUT2D eigenvalue weighted by Crippen LogP contribution is 2.40. The highest BCUT2D eigenvalue weighted by Gasteiger charge is 2.26. The number of nitrogens with two attached hydrogens (primary N) is 1. The summed E-state index contributed by atoms with van der Waals surface area (Å²) in [6.45, 7) is 6.63. The number of hydrogen-bond donors (Lipinski definition) is 2. The first-order chi connectivity index (χ1) is 14.9. The molecule has 0 unspecified atom stereocenters. The molecule has 0 spiro atoms. The van der Waals surface area contributed by atoms with Gasteiger partial charge in [-0.25, -0.2) is 0 Å². The van der Waals surface area contributed by atoms with Crippen LogP contribution in [0, 0.1) is 0 Å². The molecule has 6 heteroatoms. The van der Waals surface area contributed by atoms with Crippen LogP contribution in [0.1, 0.15) is 50.7 Å². The van der Waals surface area contributed by atoms with Crippen molar-refractivity contribution in [3.63, 3.8) is 0 Å². The molecule has 0 atom stereocenters. The average molecular weight is 443 g/mol. The molecule has 168 valence electrons. The normalized spacial score (nSPS) is 12.0. The molecule has 0 saturated carbocycles. The fraction of sp³-hybridized carbons (Fsp3) is 0.480. The summed E-state index contributed by atoms with van der Waals surface area (Å²) in [5, 5.41) is 11.0. The molecular formula is C25H34N2O3S. The zero-order chi connectivity index (χ0) is 22.3. The third-order valence-electron chi connectivity index (χ3n) is 5.85. The summed E-state index contributed by atoms with van der Waals surface area (Å²) < 4.78 is 8.19. The molecule has 2 aromatic carbocycles. The van der Waals surface area contributed by atoms with Crippen LogP contribution in [0.4, 0.5) is 0 Å². The first kappa shape index (κ1) is 23.5. The molecule has 0 amide bonds. The summed E-state index contributed by atoms with van der Waals surface area (Å²) >= 11 is 1.16. The molecule has 31 heavy (non-hydrogen) atoms. The quantitative estimate of drug-likeness (QED) is 0.394. The molecule has 5 nitrogen and oxygen atoms in total. The van der Waals surface area contributed by atoms with Gasteiger partial charge in [-0.3, -0.25) is 9.36 Å². The summed E-state index contributed by atoms with van der Waals surface area (Å²) in [7, 11) is 0. The van der Waals surface area contributed by atoms with Crippen molar-refractivity contribution in [1.29, 1.82) is 0 Å². The van der Waals surface area contributed by atoms with Gasteiger partial charge in [0.2, 0.25) is 0 Å². The minimum absolute atomic E-state index is 0.0713. The molecule has 0 aliphatic carbocycles. The number of hydrogen-bond acceptors (Lipinski definition) is 5. The van der Waals surface area contributed by atoms with Crippen LogP contribution in [-0.2, 0) is 23.1 Å². The van der Waals surface area contributed by atoms with Crippen LogP contribution in [0.15, 0.2) is 47.3 Å². The van der Waals surface area contributed by atoms with Crippen LogP contribution >= 0.6 is 11.3 Å². The number of nitrogens with zero attached hydrogens (tertiary/aromatic N) is 1. The number of ether oxygens (including phenoxy) is 1. The number of benzene rings is 2. The van der Waals surface area contributed by atoms with Gasteiger partial charge in [-0.15, -0.1) is 0 Å². The van der Waals surface area contributed by atoms with Crippen molar-refractivity contribution in [3.8, 4) is 5.75 Å². The van der Waals surface area contributed by atoms with Crippen molar-refractivity contribution in [2.75, 3.05) is 19.8 Å². The van der Waals surface area contributed by atoms with Crippen molar-refractivity contribution in [1.82, 2.24) is 4.57 Å². The number of unbranched alkanes of at least 4 members (excludes halogenated alkanes) is 2. The maximum Gasteiger partial charge on any atom is 0.308 e. The van der Waals surface area contributed by atoms with Gasteiger partial charge in [-0.2, -0.15) is 0 Å². The Morgan fingerprint density at radius 1 is 1.06 bits per heavy atom. The van der Waals surface area contributed by atoms with E-state index in [1.54, 1.807) is 4.57 Å². The van der Waals surface area contributed by atoms with Gasteiger partial charge >= 0.3 is 4.87 Å². The first-order valence-electron chi connectivity index (χ1n) is 11.1. The molecule has 1 heterocycles. The molecule has 0 saturated heterocycles. The van der Waals surface area contributed by atoms with Crippen LogP contribution < -0.4 is 10.6 Å². The van der Waals surface area contributed by atoms with Gasteiger partial charge in [0.15, 0.2) is 0 Å². The fourth-order valence-electron chi connectivity index (χ4n) is 4.04. The summed E-state index contributed by atoms with van der Waals surface area (Å²) in [6, 6.07) is 14.3. The number of aromatic hydroxyl groups is 1. The van der Waals surface area contributed by atoms with Crippen LogP contribution in [0.5, 0.6) is 5.75 Å². The van der Waals surface area contributed by atoms with E-state index in [1.165, 1.54) is 5.56 Å².